The molecule has 0 heterocycles. The largest absolute Gasteiger partial charge is 0.122 e. The van der Waals surface area contributed by atoms with Gasteiger partial charge in [-0.1, -0.05) is 50.0 Å². The summed E-state index contributed by atoms with van der Waals surface area (Å²) in [7, 11) is -1.17. The van der Waals surface area contributed by atoms with Gasteiger partial charge in [-0.3, -0.25) is 0 Å². The molecular formula is C13H20SSi. The summed E-state index contributed by atoms with van der Waals surface area (Å²) in [6.45, 7) is 13.5. The van der Waals surface area contributed by atoms with Gasteiger partial charge in [0.15, 0.2) is 0 Å². The maximum atomic E-state index is 4.13. The Morgan fingerprint density at radius 3 is 2.13 bits per heavy atom. The Kier molecular flexibility index (Phi) is 4.23. The Morgan fingerprint density at radius 1 is 1.20 bits per heavy atom. The van der Waals surface area contributed by atoms with Crippen LogP contribution in [0.5, 0.6) is 0 Å². The average molecular weight is 236 g/mol. The van der Waals surface area contributed by atoms with Gasteiger partial charge in [-0.05, 0) is 19.1 Å². The molecule has 0 radical (unpaired) electrons. The molecule has 0 saturated heterocycles. The second-order valence-electron chi connectivity index (χ2n) is 5.02. The van der Waals surface area contributed by atoms with Crippen LogP contribution in [-0.4, -0.2) is 12.9 Å². The Labute approximate surface area is 98.8 Å². The van der Waals surface area contributed by atoms with Crippen molar-refractivity contribution in [1.82, 2.24) is 0 Å². The van der Waals surface area contributed by atoms with Crippen LogP contribution in [0.1, 0.15) is 6.92 Å². The fourth-order valence-corrected chi connectivity index (χ4v) is 5.74. The van der Waals surface area contributed by atoms with Gasteiger partial charge >= 0.3 is 0 Å². The van der Waals surface area contributed by atoms with Crippen LogP contribution in [0.25, 0.3) is 0 Å². The lowest BCUT2D eigenvalue weighted by Gasteiger charge is -2.28. The van der Waals surface area contributed by atoms with Crippen molar-refractivity contribution in [2.75, 3.05) is 0 Å². The molecule has 0 aliphatic carbocycles. The Hall–Kier alpha value is -0.473. The lowest BCUT2D eigenvalue weighted by Crippen LogP contribution is -2.36. The number of rotatable bonds is 4. The first-order valence-electron chi connectivity index (χ1n) is 5.28. The van der Waals surface area contributed by atoms with E-state index in [-0.39, 0.29) is 0 Å². The highest BCUT2D eigenvalue weighted by Gasteiger charge is 2.27. The molecule has 0 fully saturated rings. The van der Waals surface area contributed by atoms with Crippen LogP contribution >= 0.6 is 11.8 Å². The summed E-state index contributed by atoms with van der Waals surface area (Å²) in [5.41, 5.74) is 1.31. The number of hydrogen-bond acceptors (Lipinski definition) is 1. The monoisotopic (exact) mass is 236 g/mol. The zero-order valence-corrected chi connectivity index (χ0v) is 11.9. The van der Waals surface area contributed by atoms with E-state index < -0.39 is 8.07 Å². The zero-order chi connectivity index (χ0) is 11.5. The molecule has 0 N–H and O–H groups in total. The maximum Gasteiger partial charge on any atom is 0.0643 e. The molecule has 15 heavy (non-hydrogen) atoms. The zero-order valence-electron chi connectivity index (χ0n) is 10.1. The van der Waals surface area contributed by atoms with Gasteiger partial charge in [-0.15, -0.1) is 11.8 Å². The molecule has 1 aromatic rings. The fraction of sp³-hybridized carbons (Fsp3) is 0.385. The molecule has 0 spiro atoms. The maximum absolute atomic E-state index is 4.13. The van der Waals surface area contributed by atoms with E-state index in [1.54, 1.807) is 0 Å². The van der Waals surface area contributed by atoms with Gasteiger partial charge in [0.25, 0.3) is 0 Å². The van der Waals surface area contributed by atoms with Crippen molar-refractivity contribution in [1.29, 1.82) is 0 Å². The fourth-order valence-electron chi connectivity index (χ4n) is 1.65. The van der Waals surface area contributed by atoms with Gasteiger partial charge in [0.05, 0.1) is 8.07 Å². The molecule has 1 rings (SSSR count). The van der Waals surface area contributed by atoms with E-state index >= 15 is 0 Å². The van der Waals surface area contributed by atoms with Crippen LogP contribution in [0.2, 0.25) is 19.6 Å². The second-order valence-corrected chi connectivity index (χ2v) is 11.9. The highest BCUT2D eigenvalue weighted by Crippen LogP contribution is 2.33. The molecule has 0 aliphatic heterocycles. The minimum absolute atomic E-state index is 0.611. The summed E-state index contributed by atoms with van der Waals surface area (Å²) in [5.74, 6) is 0. The molecule has 2 heteroatoms. The summed E-state index contributed by atoms with van der Waals surface area (Å²) in [4.78, 5) is 1.97. The molecule has 0 saturated carbocycles. The first-order chi connectivity index (χ1) is 6.91. The van der Waals surface area contributed by atoms with Crippen molar-refractivity contribution in [2.45, 2.75) is 36.3 Å². The molecule has 1 aromatic carbocycles. The molecule has 1 unspecified atom stereocenters. The first kappa shape index (κ1) is 12.6. The highest BCUT2D eigenvalue weighted by molar-refractivity contribution is 8.01. The van der Waals surface area contributed by atoms with Crippen molar-refractivity contribution in [2.24, 2.45) is 0 Å². The predicted octanol–water partition coefficient (Wildman–Crippen LogP) is 4.60. The third-order valence-electron chi connectivity index (χ3n) is 2.23. The summed E-state index contributed by atoms with van der Waals surface area (Å²) in [5, 5.41) is 0. The molecule has 0 bridgehead atoms. The smallest absolute Gasteiger partial charge is 0.0643 e. The summed E-state index contributed by atoms with van der Waals surface area (Å²) in [6, 6.07) is 10.6. The van der Waals surface area contributed by atoms with E-state index in [0.29, 0.717) is 4.87 Å². The molecule has 82 valence electrons. The number of benzene rings is 1. The van der Waals surface area contributed by atoms with Gasteiger partial charge in [-0.25, -0.2) is 0 Å². The van der Waals surface area contributed by atoms with Gasteiger partial charge in [0, 0.05) is 9.77 Å². The summed E-state index contributed by atoms with van der Waals surface area (Å²) >= 11 is 1.97. The van der Waals surface area contributed by atoms with Crippen molar-refractivity contribution in [3.05, 3.63) is 42.5 Å². The van der Waals surface area contributed by atoms with Gasteiger partial charge in [0.2, 0.25) is 0 Å². The normalized spacial score (nSPS) is 13.6. The van der Waals surface area contributed by atoms with Crippen LogP contribution < -0.4 is 0 Å². The highest BCUT2D eigenvalue weighted by atomic mass is 32.2. The molecule has 0 amide bonds. The number of hydrogen-bond donors (Lipinski definition) is 0. The van der Waals surface area contributed by atoms with Gasteiger partial charge < -0.3 is 0 Å². The molecule has 0 aliphatic rings. The van der Waals surface area contributed by atoms with E-state index in [1.807, 2.05) is 11.8 Å². The quantitative estimate of drug-likeness (QED) is 0.418. The minimum atomic E-state index is -1.17. The Bertz CT molecular complexity index is 324. The standard InChI is InChI=1S/C13H20SSi/c1-11(2)13(15(3,4)5)14-12-9-7-6-8-10-12/h6-10,13H,1H2,2-5H3. The summed E-state index contributed by atoms with van der Waals surface area (Å²) < 4.78 is 0. The summed E-state index contributed by atoms with van der Waals surface area (Å²) in [6.07, 6.45) is 0. The van der Waals surface area contributed by atoms with E-state index in [1.165, 1.54) is 10.5 Å². The predicted molar refractivity (Wildman–Crippen MR) is 74.2 cm³/mol. The van der Waals surface area contributed by atoms with Gasteiger partial charge in [-0.2, -0.15) is 0 Å². The Balaban J connectivity index is 2.82. The van der Waals surface area contributed by atoms with Crippen molar-refractivity contribution in [3.8, 4) is 0 Å². The lowest BCUT2D eigenvalue weighted by molar-refractivity contribution is 1.27. The van der Waals surface area contributed by atoms with Crippen LogP contribution in [0.3, 0.4) is 0 Å². The van der Waals surface area contributed by atoms with E-state index in [4.69, 9.17) is 0 Å². The third kappa shape index (κ3) is 3.88. The average Bonchev–Trinajstić information content (AvgIpc) is 2.13. The molecule has 0 aromatic heterocycles. The lowest BCUT2D eigenvalue weighted by atomic mass is 10.4. The molecule has 1 atom stereocenters. The van der Waals surface area contributed by atoms with E-state index in [9.17, 15) is 0 Å². The van der Waals surface area contributed by atoms with E-state index in [0.717, 1.165) is 0 Å². The van der Waals surface area contributed by atoms with Crippen molar-refractivity contribution >= 4 is 19.8 Å². The Morgan fingerprint density at radius 2 is 1.73 bits per heavy atom. The van der Waals surface area contributed by atoms with Crippen molar-refractivity contribution in [3.63, 3.8) is 0 Å². The van der Waals surface area contributed by atoms with Crippen LogP contribution in [-0.2, 0) is 0 Å². The van der Waals surface area contributed by atoms with Crippen molar-refractivity contribution < 1.29 is 0 Å². The third-order valence-corrected chi connectivity index (χ3v) is 7.95. The first-order valence-corrected chi connectivity index (χ1v) is 9.74. The second kappa shape index (κ2) is 5.04. The van der Waals surface area contributed by atoms with Gasteiger partial charge in [0.1, 0.15) is 0 Å². The van der Waals surface area contributed by atoms with Crippen LogP contribution in [0, 0.1) is 0 Å². The van der Waals surface area contributed by atoms with Crippen LogP contribution in [0.4, 0.5) is 0 Å². The molecule has 0 nitrogen and oxygen atoms in total. The minimum Gasteiger partial charge on any atom is -0.122 e. The topological polar surface area (TPSA) is 0 Å². The van der Waals surface area contributed by atoms with Crippen LogP contribution in [0.15, 0.2) is 47.4 Å². The molecular weight excluding hydrogens is 216 g/mol. The SMILES string of the molecule is C=C(C)C(Sc1ccccc1)[Si](C)(C)C. The van der Waals surface area contributed by atoms with E-state index in [2.05, 4.69) is 63.5 Å². The number of thioether (sulfide) groups is 1.